The maximum absolute atomic E-state index is 14.3. The van der Waals surface area contributed by atoms with E-state index in [1.54, 1.807) is 0 Å². The van der Waals surface area contributed by atoms with Gasteiger partial charge in [-0.3, -0.25) is 0 Å². The number of ether oxygens (including phenoxy) is 1. The summed E-state index contributed by atoms with van der Waals surface area (Å²) in [6.45, 7) is 6.92. The van der Waals surface area contributed by atoms with E-state index in [4.69, 9.17) is 6.57 Å². The summed E-state index contributed by atoms with van der Waals surface area (Å²) in [7, 11) is 1.16. The standard InChI is InChI=1S/C14H7F3N2O/c1-18-7-3-4-10-8(5-7)9-6-11(15)13(20-2)19-12(9)14(10,16)17/h3-6H,2H3. The fourth-order valence-corrected chi connectivity index (χ4v) is 2.29. The lowest BCUT2D eigenvalue weighted by atomic mass is 10.1. The van der Waals surface area contributed by atoms with Crippen LogP contribution in [0.25, 0.3) is 16.0 Å². The highest BCUT2D eigenvalue weighted by Gasteiger charge is 2.46. The Morgan fingerprint density at radius 1 is 1.25 bits per heavy atom. The van der Waals surface area contributed by atoms with Crippen molar-refractivity contribution in [1.29, 1.82) is 0 Å². The predicted octanol–water partition coefficient (Wildman–Crippen LogP) is 3.90. The van der Waals surface area contributed by atoms with Crippen LogP contribution in [-0.4, -0.2) is 12.1 Å². The van der Waals surface area contributed by atoms with Crippen LogP contribution in [0.5, 0.6) is 5.88 Å². The summed E-state index contributed by atoms with van der Waals surface area (Å²) in [6, 6.07) is 4.76. The van der Waals surface area contributed by atoms with Crippen molar-refractivity contribution in [1.82, 2.24) is 4.98 Å². The minimum Gasteiger partial charge on any atom is -0.479 e. The first-order chi connectivity index (χ1) is 9.48. The molecule has 0 atom stereocenters. The third-order valence-electron chi connectivity index (χ3n) is 3.20. The molecule has 0 bridgehead atoms. The van der Waals surface area contributed by atoms with Crippen LogP contribution < -0.4 is 4.74 Å². The zero-order chi connectivity index (χ0) is 14.5. The molecule has 3 nitrogen and oxygen atoms in total. The summed E-state index contributed by atoms with van der Waals surface area (Å²) < 4.78 is 46.9. The van der Waals surface area contributed by atoms with E-state index in [1.165, 1.54) is 18.2 Å². The molecule has 1 aromatic carbocycles. The Morgan fingerprint density at radius 3 is 2.65 bits per heavy atom. The van der Waals surface area contributed by atoms with Gasteiger partial charge in [-0.05, 0) is 17.7 Å². The molecule has 0 spiro atoms. The Morgan fingerprint density at radius 2 is 2.00 bits per heavy atom. The molecule has 20 heavy (non-hydrogen) atoms. The SMILES string of the molecule is [C-]#[N+]c1ccc2c(c1)-c1cc(F)c(OC)nc1C2(F)F. The third kappa shape index (κ3) is 1.50. The zero-order valence-corrected chi connectivity index (χ0v) is 10.2. The van der Waals surface area contributed by atoms with Crippen molar-refractivity contribution in [2.24, 2.45) is 0 Å². The molecule has 100 valence electrons. The number of pyridine rings is 1. The van der Waals surface area contributed by atoms with Gasteiger partial charge < -0.3 is 4.74 Å². The number of nitrogens with zero attached hydrogens (tertiary/aromatic N) is 2. The lowest BCUT2D eigenvalue weighted by Crippen LogP contribution is -2.13. The molecule has 0 amide bonds. The summed E-state index contributed by atoms with van der Waals surface area (Å²) in [5.41, 5.74) is -0.488. The second kappa shape index (κ2) is 3.97. The molecule has 1 aliphatic rings. The molecule has 0 aliphatic heterocycles. The second-order valence-electron chi connectivity index (χ2n) is 4.29. The van der Waals surface area contributed by atoms with E-state index in [0.717, 1.165) is 13.2 Å². The molecule has 0 N–H and O–H groups in total. The van der Waals surface area contributed by atoms with Gasteiger partial charge in [0.05, 0.1) is 13.7 Å². The molecule has 0 saturated heterocycles. The van der Waals surface area contributed by atoms with Crippen LogP contribution in [0.3, 0.4) is 0 Å². The van der Waals surface area contributed by atoms with Gasteiger partial charge in [0.1, 0.15) is 5.69 Å². The molecule has 2 aromatic rings. The molecule has 1 aliphatic carbocycles. The number of rotatable bonds is 1. The molecule has 0 fully saturated rings. The number of fused-ring (bicyclic) bond motifs is 3. The highest BCUT2D eigenvalue weighted by molar-refractivity contribution is 5.81. The van der Waals surface area contributed by atoms with Crippen LogP contribution in [0.15, 0.2) is 24.3 Å². The highest BCUT2D eigenvalue weighted by Crippen LogP contribution is 2.51. The van der Waals surface area contributed by atoms with Crippen molar-refractivity contribution in [2.75, 3.05) is 7.11 Å². The van der Waals surface area contributed by atoms with Crippen LogP contribution in [0.4, 0.5) is 18.9 Å². The number of methoxy groups -OCH3 is 1. The first-order valence-corrected chi connectivity index (χ1v) is 5.64. The molecular formula is C14H7F3N2O. The average Bonchev–Trinajstić information content (AvgIpc) is 2.66. The van der Waals surface area contributed by atoms with Crippen molar-refractivity contribution >= 4 is 5.69 Å². The van der Waals surface area contributed by atoms with Crippen molar-refractivity contribution in [3.05, 3.63) is 52.8 Å². The molecule has 1 heterocycles. The largest absolute Gasteiger partial charge is 0.479 e. The van der Waals surface area contributed by atoms with Gasteiger partial charge in [-0.25, -0.2) is 14.2 Å². The maximum Gasteiger partial charge on any atom is 0.316 e. The smallest absolute Gasteiger partial charge is 0.316 e. The average molecular weight is 276 g/mol. The molecule has 0 saturated carbocycles. The van der Waals surface area contributed by atoms with Gasteiger partial charge in [-0.1, -0.05) is 12.1 Å². The van der Waals surface area contributed by atoms with E-state index >= 15 is 0 Å². The van der Waals surface area contributed by atoms with Crippen LogP contribution >= 0.6 is 0 Å². The summed E-state index contributed by atoms with van der Waals surface area (Å²) in [4.78, 5) is 6.76. The lowest BCUT2D eigenvalue weighted by Gasteiger charge is -2.11. The molecule has 3 rings (SSSR count). The van der Waals surface area contributed by atoms with Crippen LogP contribution in [0.1, 0.15) is 11.3 Å². The molecular weight excluding hydrogens is 269 g/mol. The normalized spacial score (nSPS) is 14.3. The van der Waals surface area contributed by atoms with Crippen molar-refractivity contribution in [2.45, 2.75) is 5.92 Å². The Bertz CT molecular complexity index is 766. The summed E-state index contributed by atoms with van der Waals surface area (Å²) >= 11 is 0. The van der Waals surface area contributed by atoms with E-state index in [9.17, 15) is 13.2 Å². The summed E-state index contributed by atoms with van der Waals surface area (Å²) in [5, 5.41) is 0. The van der Waals surface area contributed by atoms with E-state index in [0.29, 0.717) is 0 Å². The Hall–Kier alpha value is -2.55. The van der Waals surface area contributed by atoms with Gasteiger partial charge in [0.2, 0.25) is 0 Å². The molecule has 0 unspecified atom stereocenters. The third-order valence-corrected chi connectivity index (χ3v) is 3.20. The summed E-state index contributed by atoms with van der Waals surface area (Å²) in [5.74, 6) is -4.61. The number of alkyl halides is 2. The van der Waals surface area contributed by atoms with Crippen LogP contribution in [-0.2, 0) is 5.92 Å². The van der Waals surface area contributed by atoms with Gasteiger partial charge in [0, 0.05) is 11.1 Å². The predicted molar refractivity (Wildman–Crippen MR) is 65.4 cm³/mol. The number of halogens is 3. The molecule has 6 heteroatoms. The number of aromatic nitrogens is 1. The van der Waals surface area contributed by atoms with Crippen molar-refractivity contribution < 1.29 is 17.9 Å². The second-order valence-corrected chi connectivity index (χ2v) is 4.29. The van der Waals surface area contributed by atoms with Crippen LogP contribution in [0, 0.1) is 12.4 Å². The Kier molecular flexibility index (Phi) is 2.48. The number of hydrogen-bond acceptors (Lipinski definition) is 2. The van der Waals surface area contributed by atoms with Gasteiger partial charge in [0.25, 0.3) is 5.88 Å². The van der Waals surface area contributed by atoms with Gasteiger partial charge in [-0.15, -0.1) is 0 Å². The minimum atomic E-state index is -3.33. The van der Waals surface area contributed by atoms with Gasteiger partial charge >= 0.3 is 5.92 Å². The van der Waals surface area contributed by atoms with Crippen molar-refractivity contribution in [3.8, 4) is 17.0 Å². The van der Waals surface area contributed by atoms with Crippen molar-refractivity contribution in [3.63, 3.8) is 0 Å². The number of benzene rings is 1. The maximum atomic E-state index is 14.3. The quantitative estimate of drug-likeness (QED) is 0.738. The topological polar surface area (TPSA) is 26.5 Å². The first-order valence-electron chi connectivity index (χ1n) is 5.64. The van der Waals surface area contributed by atoms with Crippen LogP contribution in [0.2, 0.25) is 0 Å². The lowest BCUT2D eigenvalue weighted by molar-refractivity contribution is 0.0426. The van der Waals surface area contributed by atoms with E-state index in [1.807, 2.05) is 0 Å². The zero-order valence-electron chi connectivity index (χ0n) is 10.2. The monoisotopic (exact) mass is 276 g/mol. The molecule has 0 radical (unpaired) electrons. The Labute approximate surface area is 112 Å². The first kappa shape index (κ1) is 12.5. The highest BCUT2D eigenvalue weighted by atomic mass is 19.3. The number of hydrogen-bond donors (Lipinski definition) is 0. The van der Waals surface area contributed by atoms with E-state index < -0.39 is 23.3 Å². The molecule has 1 aromatic heterocycles. The fraction of sp³-hybridized carbons (Fsp3) is 0.143. The van der Waals surface area contributed by atoms with Gasteiger partial charge in [0.15, 0.2) is 11.5 Å². The van der Waals surface area contributed by atoms with E-state index in [-0.39, 0.29) is 22.4 Å². The minimum absolute atomic E-state index is 0.00574. The Balaban J connectivity index is 2.35. The summed E-state index contributed by atoms with van der Waals surface area (Å²) in [6.07, 6.45) is 0. The fourth-order valence-electron chi connectivity index (χ4n) is 2.29. The van der Waals surface area contributed by atoms with Gasteiger partial charge in [-0.2, -0.15) is 8.78 Å². The van der Waals surface area contributed by atoms with E-state index in [2.05, 4.69) is 14.6 Å².